The minimum Gasteiger partial charge on any atom is -0.381 e. The molecule has 2 atom stereocenters. The first kappa shape index (κ1) is 13.3. The van der Waals surface area contributed by atoms with Crippen LogP contribution in [0.3, 0.4) is 0 Å². The zero-order valence-corrected chi connectivity index (χ0v) is 11.1. The van der Waals surface area contributed by atoms with E-state index in [0.29, 0.717) is 12.1 Å². The molecular formula is C14H27NO2. The number of rotatable bonds is 6. The smallest absolute Gasteiger partial charge is 0.0728 e. The number of hydrogen-bond donors (Lipinski definition) is 1. The van der Waals surface area contributed by atoms with E-state index in [1.165, 1.54) is 38.5 Å². The van der Waals surface area contributed by atoms with Crippen LogP contribution in [0.1, 0.15) is 45.4 Å². The van der Waals surface area contributed by atoms with Crippen molar-refractivity contribution in [3.8, 4) is 0 Å². The molecule has 0 bridgehead atoms. The van der Waals surface area contributed by atoms with Gasteiger partial charge in [0.15, 0.2) is 0 Å². The van der Waals surface area contributed by atoms with Crippen LogP contribution in [0.5, 0.6) is 0 Å². The fourth-order valence-electron chi connectivity index (χ4n) is 2.86. The van der Waals surface area contributed by atoms with Gasteiger partial charge in [-0.05, 0) is 51.0 Å². The second kappa shape index (κ2) is 7.34. The average Bonchev–Trinajstić information content (AvgIpc) is 2.82. The fraction of sp³-hybridized carbons (Fsp3) is 1.00. The molecule has 3 heteroatoms. The van der Waals surface area contributed by atoms with Crippen LogP contribution >= 0.6 is 0 Å². The minimum absolute atomic E-state index is 0.462. The molecule has 2 rings (SSSR count). The summed E-state index contributed by atoms with van der Waals surface area (Å²) in [5.41, 5.74) is 0. The molecule has 0 aromatic heterocycles. The monoisotopic (exact) mass is 241 g/mol. The van der Waals surface area contributed by atoms with Crippen LogP contribution in [-0.4, -0.2) is 38.5 Å². The molecular weight excluding hydrogens is 214 g/mol. The first-order valence-corrected chi connectivity index (χ1v) is 7.33. The zero-order valence-electron chi connectivity index (χ0n) is 11.1. The van der Waals surface area contributed by atoms with Crippen LogP contribution in [0.4, 0.5) is 0 Å². The summed E-state index contributed by atoms with van der Waals surface area (Å²) in [6, 6.07) is 0.606. The molecule has 1 aliphatic heterocycles. The first-order valence-electron chi connectivity index (χ1n) is 7.33. The quantitative estimate of drug-likeness (QED) is 0.774. The van der Waals surface area contributed by atoms with E-state index in [0.717, 1.165) is 32.3 Å². The molecule has 17 heavy (non-hydrogen) atoms. The lowest BCUT2D eigenvalue weighted by Gasteiger charge is -2.26. The van der Waals surface area contributed by atoms with E-state index >= 15 is 0 Å². The number of nitrogens with one attached hydrogen (secondary N) is 1. The number of hydrogen-bond acceptors (Lipinski definition) is 3. The third kappa shape index (κ3) is 4.23. The summed E-state index contributed by atoms with van der Waals surface area (Å²) in [5, 5.41) is 3.62. The lowest BCUT2D eigenvalue weighted by atomic mass is 10.0. The molecule has 2 aliphatic rings. The van der Waals surface area contributed by atoms with Gasteiger partial charge in [-0.25, -0.2) is 0 Å². The highest BCUT2D eigenvalue weighted by Crippen LogP contribution is 2.24. The average molecular weight is 241 g/mol. The highest BCUT2D eigenvalue weighted by atomic mass is 16.5. The van der Waals surface area contributed by atoms with Crippen LogP contribution in [0.25, 0.3) is 0 Å². The Hall–Kier alpha value is -0.120. The Morgan fingerprint density at radius 2 is 2.00 bits per heavy atom. The van der Waals surface area contributed by atoms with Gasteiger partial charge in [0.1, 0.15) is 0 Å². The van der Waals surface area contributed by atoms with Crippen molar-refractivity contribution in [3.05, 3.63) is 0 Å². The molecule has 0 aromatic rings. The Morgan fingerprint density at radius 1 is 1.18 bits per heavy atom. The summed E-state index contributed by atoms with van der Waals surface area (Å²) >= 11 is 0. The Kier molecular flexibility index (Phi) is 5.75. The summed E-state index contributed by atoms with van der Waals surface area (Å²) in [6.45, 7) is 6.15. The number of ether oxygens (including phenoxy) is 2. The van der Waals surface area contributed by atoms with E-state index < -0.39 is 0 Å². The van der Waals surface area contributed by atoms with Gasteiger partial charge in [-0.2, -0.15) is 0 Å². The zero-order chi connectivity index (χ0) is 11.9. The summed E-state index contributed by atoms with van der Waals surface area (Å²) in [6.07, 6.45) is 7.88. The van der Waals surface area contributed by atoms with Crippen molar-refractivity contribution in [1.82, 2.24) is 5.32 Å². The van der Waals surface area contributed by atoms with Gasteiger partial charge < -0.3 is 14.8 Å². The molecule has 0 spiro atoms. The lowest BCUT2D eigenvalue weighted by molar-refractivity contribution is -0.0167. The Labute approximate surface area is 105 Å². The highest BCUT2D eigenvalue weighted by Gasteiger charge is 2.28. The first-order chi connectivity index (χ1) is 8.40. The topological polar surface area (TPSA) is 30.5 Å². The predicted molar refractivity (Wildman–Crippen MR) is 69.2 cm³/mol. The summed E-state index contributed by atoms with van der Waals surface area (Å²) in [5.74, 6) is 0.733. The summed E-state index contributed by atoms with van der Waals surface area (Å²) in [4.78, 5) is 0. The maximum atomic E-state index is 6.13. The van der Waals surface area contributed by atoms with Crippen LogP contribution in [0.15, 0.2) is 0 Å². The van der Waals surface area contributed by atoms with Crippen molar-refractivity contribution in [1.29, 1.82) is 0 Å². The van der Waals surface area contributed by atoms with Crippen molar-refractivity contribution in [2.75, 3.05) is 26.4 Å². The molecule has 1 N–H and O–H groups in total. The third-order valence-corrected chi connectivity index (χ3v) is 4.00. The molecule has 1 saturated heterocycles. The van der Waals surface area contributed by atoms with Crippen LogP contribution in [-0.2, 0) is 9.47 Å². The molecule has 1 heterocycles. The van der Waals surface area contributed by atoms with Crippen LogP contribution in [0, 0.1) is 5.92 Å². The van der Waals surface area contributed by atoms with Gasteiger partial charge >= 0.3 is 0 Å². The van der Waals surface area contributed by atoms with E-state index in [1.54, 1.807) is 0 Å². The summed E-state index contributed by atoms with van der Waals surface area (Å²) < 4.78 is 11.5. The van der Waals surface area contributed by atoms with E-state index in [9.17, 15) is 0 Å². The van der Waals surface area contributed by atoms with Gasteiger partial charge in [-0.1, -0.05) is 6.92 Å². The van der Waals surface area contributed by atoms with Crippen LogP contribution in [0.2, 0.25) is 0 Å². The highest BCUT2D eigenvalue weighted by molar-refractivity contribution is 4.84. The third-order valence-electron chi connectivity index (χ3n) is 4.00. The van der Waals surface area contributed by atoms with Crippen LogP contribution < -0.4 is 5.32 Å². The van der Waals surface area contributed by atoms with Gasteiger partial charge in [-0.3, -0.25) is 0 Å². The molecule has 2 fully saturated rings. The maximum absolute atomic E-state index is 6.13. The normalized spacial score (nSPS) is 30.9. The van der Waals surface area contributed by atoms with Gasteiger partial charge in [-0.15, -0.1) is 0 Å². The second-order valence-corrected chi connectivity index (χ2v) is 5.42. The molecule has 2 unspecified atom stereocenters. The SMILES string of the molecule is CCCNC1CCCC1OCC1CCOCC1. The molecule has 0 amide bonds. The Bertz CT molecular complexity index is 204. The second-order valence-electron chi connectivity index (χ2n) is 5.42. The molecule has 0 aromatic carbocycles. The lowest BCUT2D eigenvalue weighted by Crippen LogP contribution is -2.38. The van der Waals surface area contributed by atoms with Crippen molar-refractivity contribution in [2.45, 2.75) is 57.6 Å². The van der Waals surface area contributed by atoms with E-state index in [1.807, 2.05) is 0 Å². The standard InChI is InChI=1S/C14H27NO2/c1-2-8-15-13-4-3-5-14(13)17-11-12-6-9-16-10-7-12/h12-15H,2-11H2,1H3. The van der Waals surface area contributed by atoms with Crippen molar-refractivity contribution in [2.24, 2.45) is 5.92 Å². The molecule has 1 saturated carbocycles. The summed E-state index contributed by atoms with van der Waals surface area (Å²) in [7, 11) is 0. The molecule has 100 valence electrons. The predicted octanol–water partition coefficient (Wildman–Crippen LogP) is 2.35. The van der Waals surface area contributed by atoms with Gasteiger partial charge in [0, 0.05) is 19.3 Å². The van der Waals surface area contributed by atoms with Crippen molar-refractivity contribution >= 4 is 0 Å². The molecule has 1 aliphatic carbocycles. The van der Waals surface area contributed by atoms with E-state index in [2.05, 4.69) is 12.2 Å². The van der Waals surface area contributed by atoms with Gasteiger partial charge in [0.05, 0.1) is 12.7 Å². The maximum Gasteiger partial charge on any atom is 0.0728 e. The molecule has 3 nitrogen and oxygen atoms in total. The van der Waals surface area contributed by atoms with E-state index in [-0.39, 0.29) is 0 Å². The fourth-order valence-corrected chi connectivity index (χ4v) is 2.86. The van der Waals surface area contributed by atoms with Crippen molar-refractivity contribution < 1.29 is 9.47 Å². The molecule has 0 radical (unpaired) electrons. The Balaban J connectivity index is 1.66. The van der Waals surface area contributed by atoms with Gasteiger partial charge in [0.25, 0.3) is 0 Å². The largest absolute Gasteiger partial charge is 0.381 e. The van der Waals surface area contributed by atoms with Gasteiger partial charge in [0.2, 0.25) is 0 Å². The Morgan fingerprint density at radius 3 is 2.76 bits per heavy atom. The van der Waals surface area contributed by atoms with Crippen molar-refractivity contribution in [3.63, 3.8) is 0 Å². The van der Waals surface area contributed by atoms with E-state index in [4.69, 9.17) is 9.47 Å². The minimum atomic E-state index is 0.462.